The van der Waals surface area contributed by atoms with E-state index in [4.69, 9.17) is 0 Å². The molecular formula is C10H14N2O4S2. The second-order valence-electron chi connectivity index (χ2n) is 4.37. The molecule has 0 amide bonds. The highest BCUT2D eigenvalue weighted by Crippen LogP contribution is 2.22. The monoisotopic (exact) mass is 290 g/mol. The Hall–Kier alpha value is -1.15. The highest BCUT2D eigenvalue weighted by Gasteiger charge is 2.29. The van der Waals surface area contributed by atoms with Crippen molar-refractivity contribution in [3.8, 4) is 0 Å². The zero-order valence-electron chi connectivity index (χ0n) is 9.83. The van der Waals surface area contributed by atoms with Crippen LogP contribution in [0.1, 0.15) is 6.42 Å². The van der Waals surface area contributed by atoms with Gasteiger partial charge in [-0.25, -0.2) is 21.8 Å². The van der Waals surface area contributed by atoms with E-state index in [2.05, 4.69) is 10.3 Å². The van der Waals surface area contributed by atoms with Crippen LogP contribution >= 0.6 is 0 Å². The zero-order chi connectivity index (χ0) is 13.4. The molecule has 0 bridgehead atoms. The van der Waals surface area contributed by atoms with E-state index in [1.165, 1.54) is 18.3 Å². The van der Waals surface area contributed by atoms with Crippen molar-refractivity contribution in [3.05, 3.63) is 18.3 Å². The highest BCUT2D eigenvalue weighted by molar-refractivity contribution is 7.91. The Balaban J connectivity index is 2.26. The summed E-state index contributed by atoms with van der Waals surface area (Å²) in [6.07, 6.45) is 3.04. The smallest absolute Gasteiger partial charge is 0.179 e. The number of hydrogen-bond donors (Lipinski definition) is 1. The van der Waals surface area contributed by atoms with Crippen LogP contribution in [-0.2, 0) is 19.7 Å². The summed E-state index contributed by atoms with van der Waals surface area (Å²) in [6.45, 7) is 0. The Bertz CT molecular complexity index is 652. The number of aromatic nitrogens is 1. The molecule has 2 heterocycles. The van der Waals surface area contributed by atoms with Crippen LogP contribution in [0, 0.1) is 0 Å². The predicted molar refractivity (Wildman–Crippen MR) is 68.0 cm³/mol. The predicted octanol–water partition coefficient (Wildman–Crippen LogP) is 0.0841. The minimum atomic E-state index is -3.38. The van der Waals surface area contributed by atoms with Gasteiger partial charge >= 0.3 is 0 Å². The van der Waals surface area contributed by atoms with Crippen LogP contribution in [0.5, 0.6) is 0 Å². The first-order valence-electron chi connectivity index (χ1n) is 5.40. The van der Waals surface area contributed by atoms with Crippen molar-refractivity contribution in [1.82, 2.24) is 4.98 Å². The van der Waals surface area contributed by atoms with E-state index in [-0.39, 0.29) is 28.3 Å². The fraction of sp³-hybridized carbons (Fsp3) is 0.500. The summed E-state index contributed by atoms with van der Waals surface area (Å²) < 4.78 is 45.8. The fourth-order valence-electron chi connectivity index (χ4n) is 1.90. The second kappa shape index (κ2) is 4.51. The lowest BCUT2D eigenvalue weighted by atomic mass is 10.2. The molecule has 18 heavy (non-hydrogen) atoms. The van der Waals surface area contributed by atoms with Gasteiger partial charge in [-0.1, -0.05) is 0 Å². The normalized spacial score (nSPS) is 22.8. The van der Waals surface area contributed by atoms with Crippen molar-refractivity contribution in [3.63, 3.8) is 0 Å². The van der Waals surface area contributed by atoms with E-state index in [1.54, 1.807) is 0 Å². The molecule has 2 rings (SSSR count). The average Bonchev–Trinajstić information content (AvgIpc) is 2.57. The molecule has 1 atom stereocenters. The Morgan fingerprint density at radius 3 is 2.72 bits per heavy atom. The summed E-state index contributed by atoms with van der Waals surface area (Å²) in [5.41, 5.74) is 0. The molecule has 0 aliphatic carbocycles. The maximum Gasteiger partial charge on any atom is 0.179 e. The molecule has 1 aromatic rings. The van der Waals surface area contributed by atoms with E-state index in [0.29, 0.717) is 6.42 Å². The van der Waals surface area contributed by atoms with Crippen molar-refractivity contribution < 1.29 is 16.8 Å². The van der Waals surface area contributed by atoms with Crippen molar-refractivity contribution in [2.75, 3.05) is 23.1 Å². The van der Waals surface area contributed by atoms with E-state index >= 15 is 0 Å². The SMILES string of the molecule is CS(=O)(=O)c1cccnc1NC1CCS(=O)(=O)C1. The third-order valence-electron chi connectivity index (χ3n) is 2.74. The fourth-order valence-corrected chi connectivity index (χ4v) is 4.36. The van der Waals surface area contributed by atoms with Gasteiger partial charge in [0.2, 0.25) is 0 Å². The first-order valence-corrected chi connectivity index (χ1v) is 9.11. The maximum absolute atomic E-state index is 11.6. The van der Waals surface area contributed by atoms with Crippen molar-refractivity contribution in [2.24, 2.45) is 0 Å². The molecule has 1 saturated heterocycles. The molecule has 1 aliphatic heterocycles. The first-order chi connectivity index (χ1) is 8.28. The van der Waals surface area contributed by atoms with E-state index < -0.39 is 19.7 Å². The molecule has 0 radical (unpaired) electrons. The van der Waals surface area contributed by atoms with E-state index in [9.17, 15) is 16.8 Å². The van der Waals surface area contributed by atoms with Gasteiger partial charge in [-0.3, -0.25) is 0 Å². The zero-order valence-corrected chi connectivity index (χ0v) is 11.5. The average molecular weight is 290 g/mol. The van der Waals surface area contributed by atoms with Crippen LogP contribution in [0.15, 0.2) is 23.2 Å². The quantitative estimate of drug-likeness (QED) is 0.847. The lowest BCUT2D eigenvalue weighted by molar-refractivity contribution is 0.600. The van der Waals surface area contributed by atoms with Crippen molar-refractivity contribution >= 4 is 25.5 Å². The number of nitrogens with zero attached hydrogens (tertiary/aromatic N) is 1. The number of sulfone groups is 2. The molecule has 1 unspecified atom stereocenters. The van der Waals surface area contributed by atoms with Gasteiger partial charge in [0, 0.05) is 18.5 Å². The number of pyridine rings is 1. The van der Waals surface area contributed by atoms with Crippen molar-refractivity contribution in [1.29, 1.82) is 0 Å². The van der Waals surface area contributed by atoms with E-state index in [0.717, 1.165) is 6.26 Å². The summed E-state index contributed by atoms with van der Waals surface area (Å²) in [4.78, 5) is 4.06. The lowest BCUT2D eigenvalue weighted by Gasteiger charge is -2.13. The van der Waals surface area contributed by atoms with Crippen LogP contribution in [0.25, 0.3) is 0 Å². The summed E-state index contributed by atoms with van der Waals surface area (Å²) in [6, 6.07) is 2.71. The Labute approximate surface area is 106 Å². The maximum atomic E-state index is 11.6. The van der Waals surface area contributed by atoms with Gasteiger partial charge in [0.05, 0.1) is 11.5 Å². The van der Waals surface area contributed by atoms with Gasteiger partial charge in [0.1, 0.15) is 10.7 Å². The van der Waals surface area contributed by atoms with Gasteiger partial charge in [-0.05, 0) is 18.6 Å². The van der Waals surface area contributed by atoms with Crippen LogP contribution in [-0.4, -0.2) is 45.6 Å². The van der Waals surface area contributed by atoms with Gasteiger partial charge in [0.15, 0.2) is 19.7 Å². The van der Waals surface area contributed by atoms with Crippen molar-refractivity contribution in [2.45, 2.75) is 17.4 Å². The van der Waals surface area contributed by atoms with Crippen LogP contribution in [0.3, 0.4) is 0 Å². The summed E-state index contributed by atoms with van der Waals surface area (Å²) >= 11 is 0. The lowest BCUT2D eigenvalue weighted by Crippen LogP contribution is -2.22. The topological polar surface area (TPSA) is 93.2 Å². The molecule has 100 valence electrons. The molecule has 8 heteroatoms. The molecule has 1 fully saturated rings. The Kier molecular flexibility index (Phi) is 3.33. The summed E-state index contributed by atoms with van der Waals surface area (Å²) in [7, 11) is -6.38. The van der Waals surface area contributed by atoms with Gasteiger partial charge in [0.25, 0.3) is 0 Å². The molecule has 0 spiro atoms. The Morgan fingerprint density at radius 1 is 1.44 bits per heavy atom. The molecule has 0 aromatic carbocycles. The number of nitrogens with one attached hydrogen (secondary N) is 1. The molecule has 1 N–H and O–H groups in total. The van der Waals surface area contributed by atoms with Crippen LogP contribution < -0.4 is 5.32 Å². The van der Waals surface area contributed by atoms with Gasteiger partial charge in [-0.2, -0.15) is 0 Å². The van der Waals surface area contributed by atoms with Gasteiger partial charge in [-0.15, -0.1) is 0 Å². The molecular weight excluding hydrogens is 276 g/mol. The molecule has 1 aliphatic rings. The molecule has 1 aromatic heterocycles. The number of rotatable bonds is 3. The molecule has 6 nitrogen and oxygen atoms in total. The minimum Gasteiger partial charge on any atom is -0.365 e. The summed E-state index contributed by atoms with van der Waals surface area (Å²) in [5.74, 6) is 0.375. The number of anilines is 1. The standard InChI is InChI=1S/C10H14N2O4S2/c1-17(13,14)9-3-2-5-11-10(9)12-8-4-6-18(15,16)7-8/h2-3,5,8H,4,6-7H2,1H3,(H,11,12). The third kappa shape index (κ3) is 2.99. The Morgan fingerprint density at radius 2 is 2.17 bits per heavy atom. The van der Waals surface area contributed by atoms with Gasteiger partial charge < -0.3 is 5.32 Å². The molecule has 0 saturated carbocycles. The minimum absolute atomic E-state index is 0.0206. The van der Waals surface area contributed by atoms with E-state index in [1.807, 2.05) is 0 Å². The number of hydrogen-bond acceptors (Lipinski definition) is 6. The van der Waals surface area contributed by atoms with Crippen LogP contribution in [0.4, 0.5) is 5.82 Å². The summed E-state index contributed by atoms with van der Waals surface area (Å²) in [5, 5.41) is 2.90. The first kappa shape index (κ1) is 13.3. The third-order valence-corrected chi connectivity index (χ3v) is 5.64. The second-order valence-corrected chi connectivity index (χ2v) is 8.58. The van der Waals surface area contributed by atoms with Crippen LogP contribution in [0.2, 0.25) is 0 Å². The highest BCUT2D eigenvalue weighted by atomic mass is 32.2. The largest absolute Gasteiger partial charge is 0.365 e.